The second-order valence-corrected chi connectivity index (χ2v) is 5.87. The van der Waals surface area contributed by atoms with Crippen molar-refractivity contribution in [3.05, 3.63) is 0 Å². The molecule has 1 nitrogen and oxygen atoms in total. The molecule has 0 aromatic heterocycles. The lowest BCUT2D eigenvalue weighted by molar-refractivity contribution is 0.144. The van der Waals surface area contributed by atoms with Gasteiger partial charge in [-0.15, -0.1) is 0 Å². The lowest BCUT2D eigenvalue weighted by Gasteiger charge is -2.38. The van der Waals surface area contributed by atoms with Gasteiger partial charge in [0.25, 0.3) is 0 Å². The van der Waals surface area contributed by atoms with Crippen molar-refractivity contribution in [1.82, 2.24) is 5.32 Å². The predicted octanol–water partition coefficient (Wildman–Crippen LogP) is 4.37. The van der Waals surface area contributed by atoms with E-state index in [1.807, 2.05) is 0 Å². The second kappa shape index (κ2) is 7.32. The minimum atomic E-state index is 0.551. The fourth-order valence-electron chi connectivity index (χ4n) is 3.39. The molecule has 1 heteroatoms. The van der Waals surface area contributed by atoms with E-state index in [1.54, 1.807) is 0 Å². The highest BCUT2D eigenvalue weighted by Gasteiger charge is 2.32. The Balaban J connectivity index is 2.57. The summed E-state index contributed by atoms with van der Waals surface area (Å²) in [7, 11) is 0. The second-order valence-electron chi connectivity index (χ2n) is 5.87. The third kappa shape index (κ3) is 4.08. The summed E-state index contributed by atoms with van der Waals surface area (Å²) in [6, 6.07) is 0. The quantitative estimate of drug-likeness (QED) is 0.662. The van der Waals surface area contributed by atoms with E-state index in [9.17, 15) is 0 Å². The highest BCUT2D eigenvalue weighted by molar-refractivity contribution is 4.85. The zero-order chi connectivity index (χ0) is 11.9. The van der Waals surface area contributed by atoms with Crippen molar-refractivity contribution in [2.75, 3.05) is 13.1 Å². The summed E-state index contributed by atoms with van der Waals surface area (Å²) in [5.74, 6) is 0.967. The van der Waals surface area contributed by atoms with Crippen molar-refractivity contribution in [1.29, 1.82) is 0 Å². The van der Waals surface area contributed by atoms with Gasteiger partial charge < -0.3 is 5.32 Å². The molecule has 0 radical (unpaired) electrons. The summed E-state index contributed by atoms with van der Waals surface area (Å²) in [6.07, 6.45) is 11.6. The van der Waals surface area contributed by atoms with Gasteiger partial charge >= 0.3 is 0 Å². The summed E-state index contributed by atoms with van der Waals surface area (Å²) in [5.41, 5.74) is 0.551. The maximum atomic E-state index is 3.59. The minimum absolute atomic E-state index is 0.551. The molecule has 0 amide bonds. The molecule has 0 aromatic carbocycles. The fraction of sp³-hybridized carbons (Fsp3) is 1.00. The monoisotopic (exact) mass is 225 g/mol. The maximum Gasteiger partial charge on any atom is 0.000770 e. The van der Waals surface area contributed by atoms with Gasteiger partial charge in [0.1, 0.15) is 0 Å². The molecule has 1 rings (SSSR count). The number of hydrogen-bond donors (Lipinski definition) is 1. The van der Waals surface area contributed by atoms with Crippen LogP contribution in [-0.4, -0.2) is 13.1 Å². The van der Waals surface area contributed by atoms with E-state index in [4.69, 9.17) is 0 Å². The van der Waals surface area contributed by atoms with Crippen LogP contribution in [0.5, 0.6) is 0 Å². The summed E-state index contributed by atoms with van der Waals surface area (Å²) < 4.78 is 0. The average Bonchev–Trinajstić information content (AvgIpc) is 2.55. The maximum absolute atomic E-state index is 3.59. The summed E-state index contributed by atoms with van der Waals surface area (Å²) in [6.45, 7) is 9.42. The van der Waals surface area contributed by atoms with Gasteiger partial charge in [0.15, 0.2) is 0 Å². The molecule has 1 aliphatic carbocycles. The first kappa shape index (κ1) is 14.0. The summed E-state index contributed by atoms with van der Waals surface area (Å²) in [5, 5.41) is 3.59. The molecule has 96 valence electrons. The molecular formula is C15H31N. The molecule has 1 N–H and O–H groups in total. The van der Waals surface area contributed by atoms with Crippen LogP contribution in [0.2, 0.25) is 0 Å². The van der Waals surface area contributed by atoms with Crippen molar-refractivity contribution in [3.63, 3.8) is 0 Å². The third-order valence-electron chi connectivity index (χ3n) is 4.44. The lowest BCUT2D eigenvalue weighted by atomic mass is 9.70. The first-order valence-corrected chi connectivity index (χ1v) is 7.43. The molecule has 0 spiro atoms. The third-order valence-corrected chi connectivity index (χ3v) is 4.44. The molecule has 0 heterocycles. The van der Waals surface area contributed by atoms with Gasteiger partial charge in [0.2, 0.25) is 0 Å². The Hall–Kier alpha value is -0.0400. The van der Waals surface area contributed by atoms with Gasteiger partial charge in [-0.25, -0.2) is 0 Å². The summed E-state index contributed by atoms with van der Waals surface area (Å²) in [4.78, 5) is 0. The first-order valence-electron chi connectivity index (χ1n) is 7.43. The zero-order valence-electron chi connectivity index (χ0n) is 11.6. The molecular weight excluding hydrogens is 194 g/mol. The molecule has 0 aromatic rings. The largest absolute Gasteiger partial charge is 0.316 e. The zero-order valence-corrected chi connectivity index (χ0v) is 11.6. The fourth-order valence-corrected chi connectivity index (χ4v) is 3.39. The molecule has 0 aliphatic heterocycles. The predicted molar refractivity (Wildman–Crippen MR) is 72.8 cm³/mol. The van der Waals surface area contributed by atoms with E-state index in [0.717, 1.165) is 12.5 Å². The molecule has 1 saturated carbocycles. The van der Waals surface area contributed by atoms with Gasteiger partial charge in [-0.1, -0.05) is 52.9 Å². The molecule has 1 fully saturated rings. The van der Waals surface area contributed by atoms with Crippen LogP contribution in [0, 0.1) is 11.3 Å². The molecule has 16 heavy (non-hydrogen) atoms. The van der Waals surface area contributed by atoms with Crippen molar-refractivity contribution < 1.29 is 0 Å². The van der Waals surface area contributed by atoms with E-state index >= 15 is 0 Å². The van der Waals surface area contributed by atoms with Gasteiger partial charge in [0.05, 0.1) is 0 Å². The Morgan fingerprint density at radius 1 is 1.06 bits per heavy atom. The minimum Gasteiger partial charge on any atom is -0.316 e. The van der Waals surface area contributed by atoms with Crippen LogP contribution in [0.25, 0.3) is 0 Å². The van der Waals surface area contributed by atoms with Crippen LogP contribution >= 0.6 is 0 Å². The molecule has 1 aliphatic rings. The SMILES string of the molecule is CCCC(C)(CNCC)C1CCCCCC1. The van der Waals surface area contributed by atoms with Crippen LogP contribution in [0.4, 0.5) is 0 Å². The lowest BCUT2D eigenvalue weighted by Crippen LogP contribution is -2.38. The Morgan fingerprint density at radius 2 is 1.69 bits per heavy atom. The average molecular weight is 225 g/mol. The van der Waals surface area contributed by atoms with E-state index in [-0.39, 0.29) is 0 Å². The van der Waals surface area contributed by atoms with Crippen molar-refractivity contribution >= 4 is 0 Å². The highest BCUT2D eigenvalue weighted by atomic mass is 14.9. The van der Waals surface area contributed by atoms with E-state index in [1.165, 1.54) is 57.9 Å². The number of nitrogens with one attached hydrogen (secondary N) is 1. The standard InChI is InChI=1S/C15H31N/c1-4-12-15(3,13-16-5-2)14-10-8-6-7-9-11-14/h14,16H,4-13H2,1-3H3. The Bertz CT molecular complexity index is 170. The molecule has 0 bridgehead atoms. The van der Waals surface area contributed by atoms with Gasteiger partial charge in [0, 0.05) is 6.54 Å². The highest BCUT2D eigenvalue weighted by Crippen LogP contribution is 2.40. The van der Waals surface area contributed by atoms with E-state index < -0.39 is 0 Å². The molecule has 1 atom stereocenters. The summed E-state index contributed by atoms with van der Waals surface area (Å²) >= 11 is 0. The Morgan fingerprint density at radius 3 is 2.19 bits per heavy atom. The van der Waals surface area contributed by atoms with E-state index in [0.29, 0.717) is 5.41 Å². The van der Waals surface area contributed by atoms with Crippen LogP contribution in [-0.2, 0) is 0 Å². The van der Waals surface area contributed by atoms with Crippen LogP contribution in [0.15, 0.2) is 0 Å². The van der Waals surface area contributed by atoms with E-state index in [2.05, 4.69) is 26.1 Å². The smallest absolute Gasteiger partial charge is 0.000770 e. The number of hydrogen-bond acceptors (Lipinski definition) is 1. The topological polar surface area (TPSA) is 12.0 Å². The van der Waals surface area contributed by atoms with Crippen molar-refractivity contribution in [2.24, 2.45) is 11.3 Å². The van der Waals surface area contributed by atoms with Gasteiger partial charge in [-0.2, -0.15) is 0 Å². The Labute approximate surface area is 102 Å². The van der Waals surface area contributed by atoms with Crippen molar-refractivity contribution in [3.8, 4) is 0 Å². The molecule has 0 saturated heterocycles. The first-order chi connectivity index (χ1) is 7.73. The van der Waals surface area contributed by atoms with Crippen molar-refractivity contribution in [2.45, 2.75) is 72.1 Å². The molecule has 1 unspecified atom stereocenters. The number of rotatable bonds is 6. The normalized spacial score (nSPS) is 22.7. The van der Waals surface area contributed by atoms with Crippen LogP contribution < -0.4 is 5.32 Å². The van der Waals surface area contributed by atoms with Crippen LogP contribution in [0.3, 0.4) is 0 Å². The van der Waals surface area contributed by atoms with Crippen LogP contribution in [0.1, 0.15) is 72.1 Å². The van der Waals surface area contributed by atoms with Gasteiger partial charge in [-0.05, 0) is 37.1 Å². The van der Waals surface area contributed by atoms with Gasteiger partial charge in [-0.3, -0.25) is 0 Å². The Kier molecular flexibility index (Phi) is 6.41.